The molecule has 1 fully saturated rings. The van der Waals surface area contributed by atoms with Gasteiger partial charge in [0.1, 0.15) is 11.4 Å². The molecule has 1 saturated carbocycles. The lowest BCUT2D eigenvalue weighted by Gasteiger charge is -2.37. The zero-order chi connectivity index (χ0) is 17.7. The fraction of sp³-hybridized carbons (Fsp3) is 0.318. The van der Waals surface area contributed by atoms with Gasteiger partial charge in [0.05, 0.1) is 12.7 Å². The van der Waals surface area contributed by atoms with Gasteiger partial charge in [-0.25, -0.2) is 4.79 Å². The monoisotopic (exact) mass is 336 g/mol. The van der Waals surface area contributed by atoms with E-state index in [4.69, 9.17) is 9.47 Å². The second kappa shape index (κ2) is 7.56. The summed E-state index contributed by atoms with van der Waals surface area (Å²) in [6.07, 6.45) is 6.79. The van der Waals surface area contributed by atoms with Gasteiger partial charge in [0, 0.05) is 0 Å². The van der Waals surface area contributed by atoms with Crippen LogP contribution in [0.15, 0.2) is 55.1 Å². The molecule has 0 radical (unpaired) electrons. The highest BCUT2D eigenvalue weighted by Crippen LogP contribution is 2.41. The first-order valence-corrected chi connectivity index (χ1v) is 8.77. The van der Waals surface area contributed by atoms with Crippen molar-refractivity contribution in [1.82, 2.24) is 0 Å². The lowest BCUT2D eigenvalue weighted by atomic mass is 9.79. The van der Waals surface area contributed by atoms with E-state index < -0.39 is 5.60 Å². The van der Waals surface area contributed by atoms with Crippen LogP contribution in [-0.4, -0.2) is 13.1 Å². The predicted octanol–water partition coefficient (Wildman–Crippen LogP) is 5.35. The number of carbonyl (C=O) groups excluding carboxylic acids is 1. The van der Waals surface area contributed by atoms with E-state index in [9.17, 15) is 4.79 Å². The lowest BCUT2D eigenvalue weighted by Crippen LogP contribution is -2.34. The van der Waals surface area contributed by atoms with E-state index in [0.717, 1.165) is 42.6 Å². The molecule has 2 aromatic rings. The highest BCUT2D eigenvalue weighted by molar-refractivity contribution is 5.90. The van der Waals surface area contributed by atoms with Crippen LogP contribution >= 0.6 is 0 Å². The summed E-state index contributed by atoms with van der Waals surface area (Å²) in [4.78, 5) is 12.7. The number of benzene rings is 2. The van der Waals surface area contributed by atoms with Crippen LogP contribution in [-0.2, 0) is 10.3 Å². The van der Waals surface area contributed by atoms with Crippen molar-refractivity contribution in [2.45, 2.75) is 37.7 Å². The molecule has 130 valence electrons. The van der Waals surface area contributed by atoms with E-state index in [1.807, 2.05) is 36.4 Å². The standard InChI is InChI=1S/C22H24O3/c1-3-17-7-9-18(10-8-17)21(23)25-22(15-5-4-6-16-22)19-11-13-20(24-2)14-12-19/h3,7-14H,1,4-6,15-16H2,2H3. The Morgan fingerprint density at radius 3 is 2.20 bits per heavy atom. The van der Waals surface area contributed by atoms with Gasteiger partial charge in [0.25, 0.3) is 0 Å². The summed E-state index contributed by atoms with van der Waals surface area (Å²) >= 11 is 0. The zero-order valence-electron chi connectivity index (χ0n) is 14.7. The SMILES string of the molecule is C=Cc1ccc(C(=O)OC2(c3ccc(OC)cc3)CCCCC2)cc1. The largest absolute Gasteiger partial charge is 0.497 e. The number of rotatable bonds is 5. The van der Waals surface area contributed by atoms with E-state index in [1.54, 1.807) is 25.3 Å². The smallest absolute Gasteiger partial charge is 0.339 e. The highest BCUT2D eigenvalue weighted by Gasteiger charge is 2.38. The minimum atomic E-state index is -0.543. The highest BCUT2D eigenvalue weighted by atomic mass is 16.6. The maximum absolute atomic E-state index is 12.7. The average molecular weight is 336 g/mol. The van der Waals surface area contributed by atoms with E-state index in [0.29, 0.717) is 5.56 Å². The molecule has 0 unspecified atom stereocenters. The molecule has 1 aliphatic carbocycles. The average Bonchev–Trinajstić information content (AvgIpc) is 2.69. The Bertz CT molecular complexity index is 723. The van der Waals surface area contributed by atoms with Crippen molar-refractivity contribution in [3.05, 3.63) is 71.8 Å². The van der Waals surface area contributed by atoms with Crippen LogP contribution in [0, 0.1) is 0 Å². The molecule has 0 N–H and O–H groups in total. The van der Waals surface area contributed by atoms with Crippen molar-refractivity contribution in [3.8, 4) is 5.75 Å². The van der Waals surface area contributed by atoms with Gasteiger partial charge in [-0.1, -0.05) is 43.3 Å². The lowest BCUT2D eigenvalue weighted by molar-refractivity contribution is -0.0417. The van der Waals surface area contributed by atoms with E-state index in [-0.39, 0.29) is 5.97 Å². The molecule has 0 aromatic heterocycles. The molecule has 0 saturated heterocycles. The summed E-state index contributed by atoms with van der Waals surface area (Å²) in [5.41, 5.74) is 2.06. The number of methoxy groups -OCH3 is 1. The fourth-order valence-electron chi connectivity index (χ4n) is 3.46. The Kier molecular flexibility index (Phi) is 5.22. The Balaban J connectivity index is 1.86. The van der Waals surface area contributed by atoms with Crippen molar-refractivity contribution in [3.63, 3.8) is 0 Å². The van der Waals surface area contributed by atoms with Gasteiger partial charge >= 0.3 is 5.97 Å². The summed E-state index contributed by atoms with van der Waals surface area (Å²) < 4.78 is 11.3. The van der Waals surface area contributed by atoms with Crippen molar-refractivity contribution in [1.29, 1.82) is 0 Å². The van der Waals surface area contributed by atoms with E-state index >= 15 is 0 Å². The molecule has 3 heteroatoms. The van der Waals surface area contributed by atoms with Crippen molar-refractivity contribution < 1.29 is 14.3 Å². The Morgan fingerprint density at radius 2 is 1.64 bits per heavy atom. The first-order valence-electron chi connectivity index (χ1n) is 8.77. The van der Waals surface area contributed by atoms with Crippen LogP contribution in [0.5, 0.6) is 5.75 Å². The Hall–Kier alpha value is -2.55. The molecule has 2 aromatic carbocycles. The van der Waals surface area contributed by atoms with Gasteiger partial charge in [0.15, 0.2) is 0 Å². The van der Waals surface area contributed by atoms with Crippen LogP contribution in [0.1, 0.15) is 53.6 Å². The van der Waals surface area contributed by atoms with Crippen LogP contribution in [0.4, 0.5) is 0 Å². The predicted molar refractivity (Wildman–Crippen MR) is 99.7 cm³/mol. The van der Waals surface area contributed by atoms with Crippen LogP contribution in [0.3, 0.4) is 0 Å². The molecule has 0 atom stereocenters. The summed E-state index contributed by atoms with van der Waals surface area (Å²) in [6.45, 7) is 3.74. The third-order valence-electron chi connectivity index (χ3n) is 4.95. The molecule has 0 aliphatic heterocycles. The third-order valence-corrected chi connectivity index (χ3v) is 4.95. The Morgan fingerprint density at radius 1 is 1.00 bits per heavy atom. The minimum absolute atomic E-state index is 0.270. The topological polar surface area (TPSA) is 35.5 Å². The summed E-state index contributed by atoms with van der Waals surface area (Å²) in [5, 5.41) is 0. The van der Waals surface area contributed by atoms with Crippen LogP contribution in [0.25, 0.3) is 6.08 Å². The molecule has 0 bridgehead atoms. The number of hydrogen-bond acceptors (Lipinski definition) is 3. The van der Waals surface area contributed by atoms with Gasteiger partial charge in [-0.3, -0.25) is 0 Å². The number of esters is 1. The second-order valence-electron chi connectivity index (χ2n) is 6.50. The maximum atomic E-state index is 12.7. The molecule has 0 heterocycles. The van der Waals surface area contributed by atoms with E-state index in [1.165, 1.54) is 6.42 Å². The van der Waals surface area contributed by atoms with E-state index in [2.05, 4.69) is 6.58 Å². The van der Waals surface area contributed by atoms with Gasteiger partial charge in [0.2, 0.25) is 0 Å². The minimum Gasteiger partial charge on any atom is -0.497 e. The normalized spacial score (nSPS) is 16.0. The van der Waals surface area contributed by atoms with Crippen molar-refractivity contribution in [2.24, 2.45) is 0 Å². The molecule has 3 rings (SSSR count). The molecular formula is C22H24O3. The van der Waals surface area contributed by atoms with Crippen molar-refractivity contribution in [2.75, 3.05) is 7.11 Å². The fourth-order valence-corrected chi connectivity index (χ4v) is 3.46. The molecular weight excluding hydrogens is 312 g/mol. The molecule has 1 aliphatic rings. The first-order chi connectivity index (χ1) is 12.2. The zero-order valence-corrected chi connectivity index (χ0v) is 14.7. The molecule has 0 spiro atoms. The maximum Gasteiger partial charge on any atom is 0.339 e. The summed E-state index contributed by atoms with van der Waals surface area (Å²) in [7, 11) is 1.65. The third kappa shape index (κ3) is 3.76. The molecule has 0 amide bonds. The van der Waals surface area contributed by atoms with Gasteiger partial charge in [-0.2, -0.15) is 0 Å². The quantitative estimate of drug-likeness (QED) is 0.690. The van der Waals surface area contributed by atoms with Gasteiger partial charge in [-0.05, 0) is 61.1 Å². The molecule has 25 heavy (non-hydrogen) atoms. The second-order valence-corrected chi connectivity index (χ2v) is 6.50. The van der Waals surface area contributed by atoms with Gasteiger partial charge in [-0.15, -0.1) is 0 Å². The first kappa shape index (κ1) is 17.3. The molecule has 3 nitrogen and oxygen atoms in total. The number of ether oxygens (including phenoxy) is 2. The number of hydrogen-bond donors (Lipinski definition) is 0. The summed E-state index contributed by atoms with van der Waals surface area (Å²) in [6, 6.07) is 15.2. The van der Waals surface area contributed by atoms with Crippen LogP contribution in [0.2, 0.25) is 0 Å². The van der Waals surface area contributed by atoms with Gasteiger partial charge < -0.3 is 9.47 Å². The summed E-state index contributed by atoms with van der Waals surface area (Å²) in [5.74, 6) is 0.536. The number of carbonyl (C=O) groups is 1. The van der Waals surface area contributed by atoms with Crippen molar-refractivity contribution >= 4 is 12.0 Å². The van der Waals surface area contributed by atoms with Crippen LogP contribution < -0.4 is 4.74 Å². The Labute approximate surface area is 149 Å².